The molecule has 0 radical (unpaired) electrons. The molecule has 1 amide bonds. The first-order valence-electron chi connectivity index (χ1n) is 6.97. The molecule has 1 rings (SSSR count). The zero-order valence-corrected chi connectivity index (χ0v) is 18.1. The topological polar surface area (TPSA) is 73.9 Å². The van der Waals surface area contributed by atoms with Crippen molar-refractivity contribution >= 4 is 60.1 Å². The number of carbonyl (C=O) groups excluding carboxylic acids is 1. The fourth-order valence-corrected chi connectivity index (χ4v) is 5.02. The van der Waals surface area contributed by atoms with E-state index >= 15 is 0 Å². The third-order valence-corrected chi connectivity index (χ3v) is 7.71. The molecule has 1 unspecified atom stereocenters. The summed E-state index contributed by atoms with van der Waals surface area (Å²) in [6, 6.07) is 0. The highest BCUT2D eigenvalue weighted by Gasteiger charge is 2.41. The number of ether oxygens (including phenoxy) is 1. The first-order chi connectivity index (χ1) is 10.9. The lowest BCUT2D eigenvalue weighted by Gasteiger charge is -2.36. The average Bonchev–Trinajstić information content (AvgIpc) is 2.45. The van der Waals surface area contributed by atoms with Crippen LogP contribution < -0.4 is 10.4 Å². The molecule has 24 heavy (non-hydrogen) atoms. The summed E-state index contributed by atoms with van der Waals surface area (Å²) in [4.78, 5) is 12.9. The highest BCUT2D eigenvalue weighted by molar-refractivity contribution is 8.04. The van der Waals surface area contributed by atoms with Gasteiger partial charge in [-0.2, -0.15) is 0 Å². The molecule has 7 nitrogen and oxygen atoms in total. The van der Waals surface area contributed by atoms with Crippen LogP contribution in [0.15, 0.2) is 10.7 Å². The van der Waals surface area contributed by atoms with E-state index in [1.807, 2.05) is 0 Å². The number of carbonyl (C=O) groups is 1. The van der Waals surface area contributed by atoms with Gasteiger partial charge in [0.1, 0.15) is 16.8 Å². The van der Waals surface area contributed by atoms with Gasteiger partial charge in [-0.05, 0) is 35.1 Å². The van der Waals surface area contributed by atoms with E-state index in [1.54, 1.807) is 35.1 Å². The SMILES string of the molecule is CC1=C(C(=O)NC(NP(=O)(N(C)C)N(C)C)C(Cl)(Cl)Cl)SCCO1. The van der Waals surface area contributed by atoms with Gasteiger partial charge in [-0.25, -0.2) is 14.4 Å². The van der Waals surface area contributed by atoms with Crippen LogP contribution in [0.3, 0.4) is 0 Å². The number of alkyl halides is 3. The Morgan fingerprint density at radius 1 is 1.29 bits per heavy atom. The van der Waals surface area contributed by atoms with Crippen molar-refractivity contribution in [3.8, 4) is 0 Å². The van der Waals surface area contributed by atoms with Crippen molar-refractivity contribution in [3.63, 3.8) is 0 Å². The molecule has 12 heteroatoms. The normalized spacial score (nSPS) is 17.9. The van der Waals surface area contributed by atoms with E-state index in [4.69, 9.17) is 39.5 Å². The molecule has 0 saturated carbocycles. The maximum atomic E-state index is 13.1. The summed E-state index contributed by atoms with van der Waals surface area (Å²) in [5.74, 6) is 0.708. The van der Waals surface area contributed by atoms with Crippen LogP contribution in [0, 0.1) is 0 Å². The quantitative estimate of drug-likeness (QED) is 0.374. The largest absolute Gasteiger partial charge is 0.496 e. The van der Waals surface area contributed by atoms with Crippen LogP contribution in [0.1, 0.15) is 6.92 Å². The Morgan fingerprint density at radius 3 is 2.25 bits per heavy atom. The molecular weight excluding hydrogens is 418 g/mol. The zero-order chi connectivity index (χ0) is 18.7. The minimum Gasteiger partial charge on any atom is -0.496 e. The van der Waals surface area contributed by atoms with Crippen LogP contribution in [0.4, 0.5) is 0 Å². The number of nitrogens with zero attached hydrogens (tertiary/aromatic N) is 2. The van der Waals surface area contributed by atoms with Gasteiger partial charge in [-0.1, -0.05) is 34.8 Å². The lowest BCUT2D eigenvalue weighted by atomic mass is 10.4. The fourth-order valence-electron chi connectivity index (χ4n) is 1.87. The highest BCUT2D eigenvalue weighted by atomic mass is 35.6. The number of halogens is 3. The lowest BCUT2D eigenvalue weighted by molar-refractivity contribution is -0.117. The van der Waals surface area contributed by atoms with Crippen molar-refractivity contribution < 1.29 is 14.1 Å². The number of rotatable bonds is 6. The third kappa shape index (κ3) is 5.68. The van der Waals surface area contributed by atoms with Gasteiger partial charge in [0.2, 0.25) is 3.79 Å². The van der Waals surface area contributed by atoms with Gasteiger partial charge in [0.25, 0.3) is 13.5 Å². The Morgan fingerprint density at radius 2 is 1.83 bits per heavy atom. The smallest absolute Gasteiger partial charge is 0.285 e. The molecule has 140 valence electrons. The van der Waals surface area contributed by atoms with Crippen LogP contribution in [0.2, 0.25) is 0 Å². The summed E-state index contributed by atoms with van der Waals surface area (Å²) in [5, 5.41) is 5.35. The number of nitrogens with one attached hydrogen (secondary N) is 2. The second kappa shape index (κ2) is 8.82. The van der Waals surface area contributed by atoms with Crippen LogP contribution in [-0.2, 0) is 14.1 Å². The fraction of sp³-hybridized carbons (Fsp3) is 0.750. The zero-order valence-electron chi connectivity index (χ0n) is 14.1. The van der Waals surface area contributed by atoms with Crippen LogP contribution >= 0.6 is 54.2 Å². The number of hydrogen-bond donors (Lipinski definition) is 2. The highest BCUT2D eigenvalue weighted by Crippen LogP contribution is 2.47. The molecule has 0 spiro atoms. The van der Waals surface area contributed by atoms with E-state index in [2.05, 4.69) is 10.4 Å². The van der Waals surface area contributed by atoms with Crippen molar-refractivity contribution in [2.45, 2.75) is 16.9 Å². The first kappa shape index (κ1) is 22.4. The molecule has 1 aliphatic heterocycles. The molecule has 0 aromatic carbocycles. The van der Waals surface area contributed by atoms with Gasteiger partial charge in [0, 0.05) is 5.75 Å². The van der Waals surface area contributed by atoms with Crippen LogP contribution in [0.25, 0.3) is 0 Å². The molecule has 0 aromatic rings. The summed E-state index contributed by atoms with van der Waals surface area (Å²) < 4.78 is 19.5. The Hall–Kier alpha value is 0.340. The number of thioether (sulfide) groups is 1. The van der Waals surface area contributed by atoms with Crippen molar-refractivity contribution in [2.75, 3.05) is 40.6 Å². The average molecular weight is 440 g/mol. The third-order valence-electron chi connectivity index (χ3n) is 3.16. The molecule has 0 fully saturated rings. The van der Waals surface area contributed by atoms with Gasteiger partial charge in [0.05, 0.1) is 6.61 Å². The second-order valence-corrected chi connectivity index (χ2v) is 11.8. The molecule has 1 heterocycles. The van der Waals surface area contributed by atoms with E-state index in [9.17, 15) is 9.36 Å². The predicted molar refractivity (Wildman–Crippen MR) is 101 cm³/mol. The first-order valence-corrected chi connectivity index (χ1v) is 10.7. The number of amides is 1. The minimum atomic E-state index is -3.23. The Bertz CT molecular complexity index is 542. The van der Waals surface area contributed by atoms with E-state index in [1.165, 1.54) is 21.1 Å². The van der Waals surface area contributed by atoms with Gasteiger partial charge in [0.15, 0.2) is 0 Å². The van der Waals surface area contributed by atoms with E-state index in [0.717, 1.165) is 0 Å². The minimum absolute atomic E-state index is 0.409. The van der Waals surface area contributed by atoms with Crippen molar-refractivity contribution in [2.24, 2.45) is 0 Å². The predicted octanol–water partition coefficient (Wildman–Crippen LogP) is 2.61. The summed E-state index contributed by atoms with van der Waals surface area (Å²) in [6.07, 6.45) is -1.17. The van der Waals surface area contributed by atoms with Gasteiger partial charge in [-0.3, -0.25) is 9.36 Å². The van der Waals surface area contributed by atoms with E-state index in [-0.39, 0.29) is 0 Å². The summed E-state index contributed by atoms with van der Waals surface area (Å²) in [7, 11) is 3.28. The molecule has 0 aliphatic carbocycles. The van der Waals surface area contributed by atoms with Crippen LogP contribution in [0.5, 0.6) is 0 Å². The second-order valence-electron chi connectivity index (χ2n) is 5.40. The standard InChI is InChI=1S/C12H22Cl3N4O3PS/c1-8-9(24-7-6-22-8)10(20)16-11(12(13,14)15)17-23(21,18(2)3)19(4)5/h11H,6-7H2,1-5H3,(H,16,20)(H,17,21). The van der Waals surface area contributed by atoms with Crippen molar-refractivity contribution in [3.05, 3.63) is 10.7 Å². The number of hydrogen-bond acceptors (Lipinski definition) is 4. The summed E-state index contributed by atoms with van der Waals surface area (Å²) in [6.45, 7) is 2.24. The molecule has 1 atom stereocenters. The maximum Gasteiger partial charge on any atom is 0.285 e. The summed E-state index contributed by atoms with van der Waals surface area (Å²) >= 11 is 19.3. The van der Waals surface area contributed by atoms with Crippen molar-refractivity contribution in [1.29, 1.82) is 0 Å². The Labute approximate surface area is 161 Å². The van der Waals surface area contributed by atoms with E-state index in [0.29, 0.717) is 23.0 Å². The maximum absolute atomic E-state index is 13.1. The van der Waals surface area contributed by atoms with Crippen molar-refractivity contribution in [1.82, 2.24) is 19.7 Å². The van der Waals surface area contributed by atoms with Gasteiger partial charge in [-0.15, -0.1) is 11.8 Å². The molecule has 1 aliphatic rings. The molecule has 0 aromatic heterocycles. The molecule has 2 N–H and O–H groups in total. The molecular formula is C12H22Cl3N4O3PS. The van der Waals surface area contributed by atoms with E-state index < -0.39 is 23.5 Å². The van der Waals surface area contributed by atoms with Gasteiger partial charge < -0.3 is 10.1 Å². The Kier molecular flexibility index (Phi) is 8.23. The molecule has 0 bridgehead atoms. The summed E-state index contributed by atoms with van der Waals surface area (Å²) in [5.41, 5.74) is 0. The lowest BCUT2D eigenvalue weighted by Crippen LogP contribution is -2.54. The number of allylic oxidation sites excluding steroid dienone is 1. The monoisotopic (exact) mass is 438 g/mol. The Balaban J connectivity index is 3.03. The molecule has 0 saturated heterocycles. The van der Waals surface area contributed by atoms with Crippen LogP contribution in [-0.4, -0.2) is 65.8 Å². The van der Waals surface area contributed by atoms with Gasteiger partial charge >= 0.3 is 0 Å².